The first kappa shape index (κ1) is 7.94. The lowest BCUT2D eigenvalue weighted by Gasteiger charge is -2.36. The van der Waals surface area contributed by atoms with Gasteiger partial charge in [-0.05, 0) is 31.6 Å². The molecular weight excluding hydrogens is 174 g/mol. The van der Waals surface area contributed by atoms with E-state index in [4.69, 9.17) is 12.2 Å². The highest BCUT2D eigenvalue weighted by molar-refractivity contribution is 7.80. The number of nitrogens with one attached hydrogen (secondary N) is 3. The molecule has 2 heterocycles. The molecule has 12 heavy (non-hydrogen) atoms. The summed E-state index contributed by atoms with van der Waals surface area (Å²) in [7, 11) is 0. The van der Waals surface area contributed by atoms with Crippen LogP contribution in [0.5, 0.6) is 0 Å². The molecule has 0 spiro atoms. The van der Waals surface area contributed by atoms with Gasteiger partial charge in [-0.25, -0.2) is 0 Å². The maximum absolute atomic E-state index is 11.3. The van der Waals surface area contributed by atoms with Crippen LogP contribution in [0, 0.1) is 0 Å². The normalized spacial score (nSPS) is 35.0. The summed E-state index contributed by atoms with van der Waals surface area (Å²) >= 11 is 4.88. The third kappa shape index (κ3) is 1.30. The minimum atomic E-state index is -0.0922. The van der Waals surface area contributed by atoms with Crippen molar-refractivity contribution in [1.29, 1.82) is 0 Å². The molecule has 0 aliphatic carbocycles. The fourth-order valence-electron chi connectivity index (χ4n) is 1.71. The Bertz CT molecular complexity index is 231. The Balaban J connectivity index is 2.11. The summed E-state index contributed by atoms with van der Waals surface area (Å²) in [6.45, 7) is 0.920. The fraction of sp³-hybridized carbons (Fsp3) is 0.714. The second-order valence-electron chi connectivity index (χ2n) is 3.14. The summed E-state index contributed by atoms with van der Waals surface area (Å²) in [6.07, 6.45) is 2.12. The van der Waals surface area contributed by atoms with Crippen LogP contribution in [0.3, 0.4) is 0 Å². The maximum atomic E-state index is 11.3. The van der Waals surface area contributed by atoms with Gasteiger partial charge >= 0.3 is 0 Å². The number of amides is 1. The van der Waals surface area contributed by atoms with Gasteiger partial charge in [0.1, 0.15) is 6.04 Å². The van der Waals surface area contributed by atoms with Crippen molar-refractivity contribution in [2.24, 2.45) is 0 Å². The van der Waals surface area contributed by atoms with Gasteiger partial charge in [0.05, 0.1) is 6.04 Å². The Morgan fingerprint density at radius 2 is 2.33 bits per heavy atom. The molecule has 2 atom stereocenters. The number of piperidine rings is 1. The standard InChI is InChI=1S/C7H11N3OS/c11-6-5-4(2-1-3-8-5)9-7(12)10-6/h4-5,8H,1-3H2,(H2,9,10,11,12). The van der Waals surface area contributed by atoms with Gasteiger partial charge in [0.2, 0.25) is 5.91 Å². The molecular formula is C7H11N3OS. The van der Waals surface area contributed by atoms with Gasteiger partial charge < -0.3 is 16.0 Å². The number of thiocarbonyl (C=S) groups is 1. The number of carbonyl (C=O) groups excluding carboxylic acids is 1. The molecule has 66 valence electrons. The predicted molar refractivity (Wildman–Crippen MR) is 48.7 cm³/mol. The SMILES string of the molecule is O=C1NC(=S)NC2CCCNC12. The van der Waals surface area contributed by atoms with Crippen molar-refractivity contribution in [1.82, 2.24) is 16.0 Å². The lowest BCUT2D eigenvalue weighted by Crippen LogP contribution is -2.67. The summed E-state index contributed by atoms with van der Waals surface area (Å²) in [5.74, 6) is 0.00319. The van der Waals surface area contributed by atoms with Crippen LogP contribution in [0.1, 0.15) is 12.8 Å². The largest absolute Gasteiger partial charge is 0.358 e. The van der Waals surface area contributed by atoms with E-state index in [2.05, 4.69) is 16.0 Å². The molecule has 0 aromatic rings. The lowest BCUT2D eigenvalue weighted by molar-refractivity contribution is -0.123. The van der Waals surface area contributed by atoms with Crippen LogP contribution in [0.4, 0.5) is 0 Å². The van der Waals surface area contributed by atoms with Crippen molar-refractivity contribution >= 4 is 23.2 Å². The summed E-state index contributed by atoms with van der Waals surface area (Å²) in [4.78, 5) is 11.3. The van der Waals surface area contributed by atoms with E-state index >= 15 is 0 Å². The van der Waals surface area contributed by atoms with Crippen LogP contribution >= 0.6 is 12.2 Å². The second kappa shape index (κ2) is 2.99. The number of carbonyl (C=O) groups is 1. The van der Waals surface area contributed by atoms with Gasteiger partial charge in [0, 0.05) is 0 Å². The molecule has 5 heteroatoms. The number of hydrogen-bond donors (Lipinski definition) is 3. The summed E-state index contributed by atoms with van der Waals surface area (Å²) in [5, 5.41) is 9.30. The molecule has 3 N–H and O–H groups in total. The Kier molecular flexibility index (Phi) is 1.98. The highest BCUT2D eigenvalue weighted by Gasteiger charge is 2.35. The Labute approximate surface area is 76.1 Å². The third-order valence-corrected chi connectivity index (χ3v) is 2.51. The van der Waals surface area contributed by atoms with Gasteiger partial charge in [-0.15, -0.1) is 0 Å². The second-order valence-corrected chi connectivity index (χ2v) is 3.55. The van der Waals surface area contributed by atoms with Crippen molar-refractivity contribution in [2.45, 2.75) is 24.9 Å². The van der Waals surface area contributed by atoms with Crippen molar-refractivity contribution in [3.05, 3.63) is 0 Å². The minimum Gasteiger partial charge on any atom is -0.358 e. The van der Waals surface area contributed by atoms with Crippen LogP contribution in [-0.4, -0.2) is 29.6 Å². The maximum Gasteiger partial charge on any atom is 0.245 e. The van der Waals surface area contributed by atoms with E-state index in [1.807, 2.05) is 0 Å². The van der Waals surface area contributed by atoms with E-state index in [1.54, 1.807) is 0 Å². The zero-order valence-corrected chi connectivity index (χ0v) is 7.41. The van der Waals surface area contributed by atoms with Crippen LogP contribution in [0.15, 0.2) is 0 Å². The monoisotopic (exact) mass is 185 g/mol. The molecule has 2 saturated heterocycles. The lowest BCUT2D eigenvalue weighted by atomic mass is 9.96. The quantitative estimate of drug-likeness (QED) is 0.429. The predicted octanol–water partition coefficient (Wildman–Crippen LogP) is -0.889. The average molecular weight is 185 g/mol. The molecule has 0 radical (unpaired) electrons. The van der Waals surface area contributed by atoms with Crippen LogP contribution in [-0.2, 0) is 4.79 Å². The molecule has 2 rings (SSSR count). The molecule has 0 saturated carbocycles. The van der Waals surface area contributed by atoms with Gasteiger partial charge in [-0.2, -0.15) is 0 Å². The molecule has 2 fully saturated rings. The zero-order chi connectivity index (χ0) is 8.55. The smallest absolute Gasteiger partial charge is 0.245 e. The molecule has 4 nitrogen and oxygen atoms in total. The van der Waals surface area contributed by atoms with Gasteiger partial charge in [-0.1, -0.05) is 0 Å². The number of fused-ring (bicyclic) bond motifs is 1. The van der Waals surface area contributed by atoms with E-state index in [1.165, 1.54) is 0 Å². The zero-order valence-electron chi connectivity index (χ0n) is 6.59. The Morgan fingerprint density at radius 3 is 3.17 bits per heavy atom. The van der Waals surface area contributed by atoms with E-state index in [-0.39, 0.29) is 18.0 Å². The van der Waals surface area contributed by atoms with Gasteiger partial charge in [-0.3, -0.25) is 4.79 Å². The van der Waals surface area contributed by atoms with Crippen molar-refractivity contribution < 1.29 is 4.79 Å². The summed E-state index contributed by atoms with van der Waals surface area (Å²) in [6, 6.07) is 0.102. The highest BCUT2D eigenvalue weighted by Crippen LogP contribution is 2.11. The van der Waals surface area contributed by atoms with E-state index in [9.17, 15) is 4.79 Å². The van der Waals surface area contributed by atoms with Crippen molar-refractivity contribution in [3.8, 4) is 0 Å². The van der Waals surface area contributed by atoms with Crippen LogP contribution < -0.4 is 16.0 Å². The molecule has 2 unspecified atom stereocenters. The molecule has 0 aromatic carbocycles. The van der Waals surface area contributed by atoms with Crippen LogP contribution in [0.25, 0.3) is 0 Å². The van der Waals surface area contributed by atoms with Crippen molar-refractivity contribution in [2.75, 3.05) is 6.54 Å². The molecule has 1 amide bonds. The van der Waals surface area contributed by atoms with Crippen LogP contribution in [0.2, 0.25) is 0 Å². The minimum absolute atomic E-state index is 0.00319. The average Bonchev–Trinajstić information content (AvgIpc) is 2.04. The molecule has 2 aliphatic rings. The molecule has 2 aliphatic heterocycles. The van der Waals surface area contributed by atoms with E-state index in [0.717, 1.165) is 19.4 Å². The first-order valence-corrected chi connectivity index (χ1v) is 4.53. The topological polar surface area (TPSA) is 53.2 Å². The Morgan fingerprint density at radius 1 is 1.50 bits per heavy atom. The van der Waals surface area contributed by atoms with Gasteiger partial charge in [0.15, 0.2) is 5.11 Å². The van der Waals surface area contributed by atoms with E-state index in [0.29, 0.717) is 5.11 Å². The summed E-state index contributed by atoms with van der Waals surface area (Å²) in [5.41, 5.74) is 0. The highest BCUT2D eigenvalue weighted by atomic mass is 32.1. The van der Waals surface area contributed by atoms with Crippen molar-refractivity contribution in [3.63, 3.8) is 0 Å². The first-order chi connectivity index (χ1) is 5.77. The van der Waals surface area contributed by atoms with E-state index < -0.39 is 0 Å². The summed E-state index contributed by atoms with van der Waals surface area (Å²) < 4.78 is 0. The first-order valence-electron chi connectivity index (χ1n) is 4.12. The van der Waals surface area contributed by atoms with Gasteiger partial charge in [0.25, 0.3) is 0 Å². The number of hydrogen-bond acceptors (Lipinski definition) is 3. The fourth-order valence-corrected chi connectivity index (χ4v) is 1.97. The third-order valence-electron chi connectivity index (χ3n) is 2.29. The molecule has 0 aromatic heterocycles. The Hall–Kier alpha value is -0.680. The number of rotatable bonds is 0. The molecule has 0 bridgehead atoms.